The van der Waals surface area contributed by atoms with Crippen molar-refractivity contribution in [2.24, 2.45) is 0 Å². The van der Waals surface area contributed by atoms with Crippen LogP contribution in [0.2, 0.25) is 0 Å². The van der Waals surface area contributed by atoms with Crippen LogP contribution in [0.5, 0.6) is 0 Å². The zero-order valence-electron chi connectivity index (χ0n) is 9.48. The third-order valence-electron chi connectivity index (χ3n) is 2.62. The number of rotatable bonds is 2. The maximum Gasteiger partial charge on any atom is 0.299 e. The maximum atomic E-state index is 12.2. The number of benzene rings is 1. The number of nitrogens with zero attached hydrogens (tertiary/aromatic N) is 2. The fraction of sp³-hybridized carbons (Fsp3) is 0. The lowest BCUT2D eigenvalue weighted by molar-refractivity contribution is 0.0934. The van der Waals surface area contributed by atoms with E-state index < -0.39 is 0 Å². The molecule has 88 valence electrons. The SMILES string of the molecule is O=C(c1ccco1)n1ccnc1-c1ccccc1. The molecule has 0 aliphatic heterocycles. The van der Waals surface area contributed by atoms with E-state index in [4.69, 9.17) is 4.42 Å². The van der Waals surface area contributed by atoms with Crippen LogP contribution >= 0.6 is 0 Å². The molecule has 0 saturated heterocycles. The highest BCUT2D eigenvalue weighted by Crippen LogP contribution is 2.18. The predicted octanol–water partition coefficient (Wildman–Crippen LogP) is 2.83. The minimum atomic E-state index is -0.226. The molecule has 0 spiro atoms. The average Bonchev–Trinajstić information content (AvgIpc) is 3.10. The van der Waals surface area contributed by atoms with Gasteiger partial charge < -0.3 is 4.42 Å². The van der Waals surface area contributed by atoms with Gasteiger partial charge in [-0.3, -0.25) is 9.36 Å². The summed E-state index contributed by atoms with van der Waals surface area (Å²) in [5, 5.41) is 0. The average molecular weight is 238 g/mol. The van der Waals surface area contributed by atoms with Crippen LogP contribution in [-0.4, -0.2) is 15.5 Å². The molecular formula is C14H10N2O2. The first-order valence-electron chi connectivity index (χ1n) is 5.53. The molecule has 2 heterocycles. The van der Waals surface area contributed by atoms with E-state index >= 15 is 0 Å². The van der Waals surface area contributed by atoms with Crippen LogP contribution in [0.3, 0.4) is 0 Å². The molecule has 0 atom stereocenters. The Labute approximate surface area is 104 Å². The topological polar surface area (TPSA) is 48.0 Å². The normalized spacial score (nSPS) is 10.4. The molecule has 3 rings (SSSR count). The molecule has 0 aliphatic carbocycles. The zero-order valence-corrected chi connectivity index (χ0v) is 9.48. The summed E-state index contributed by atoms with van der Waals surface area (Å²) < 4.78 is 6.59. The second-order valence-corrected chi connectivity index (χ2v) is 3.77. The fourth-order valence-corrected chi connectivity index (χ4v) is 1.79. The molecule has 0 unspecified atom stereocenters. The highest BCUT2D eigenvalue weighted by Gasteiger charge is 2.15. The number of furan rings is 1. The van der Waals surface area contributed by atoms with E-state index in [9.17, 15) is 4.79 Å². The summed E-state index contributed by atoms with van der Waals surface area (Å²) in [7, 11) is 0. The maximum absolute atomic E-state index is 12.2. The Morgan fingerprint density at radius 3 is 2.67 bits per heavy atom. The van der Waals surface area contributed by atoms with Gasteiger partial charge in [-0.2, -0.15) is 0 Å². The molecule has 1 aromatic carbocycles. The zero-order chi connectivity index (χ0) is 12.4. The number of imidazole rings is 1. The van der Waals surface area contributed by atoms with Crippen molar-refractivity contribution < 1.29 is 9.21 Å². The van der Waals surface area contributed by atoms with Gasteiger partial charge in [-0.15, -0.1) is 0 Å². The minimum Gasteiger partial charge on any atom is -0.459 e. The van der Waals surface area contributed by atoms with Crippen molar-refractivity contribution in [3.63, 3.8) is 0 Å². The number of carbonyl (C=O) groups excluding carboxylic acids is 1. The van der Waals surface area contributed by atoms with Crippen molar-refractivity contribution in [2.75, 3.05) is 0 Å². The fourth-order valence-electron chi connectivity index (χ4n) is 1.79. The molecule has 0 fully saturated rings. The second-order valence-electron chi connectivity index (χ2n) is 3.77. The smallest absolute Gasteiger partial charge is 0.299 e. The molecule has 0 radical (unpaired) electrons. The Morgan fingerprint density at radius 2 is 1.94 bits per heavy atom. The van der Waals surface area contributed by atoms with Gasteiger partial charge in [-0.05, 0) is 12.1 Å². The predicted molar refractivity (Wildman–Crippen MR) is 66.1 cm³/mol. The van der Waals surface area contributed by atoms with Crippen LogP contribution in [0.15, 0.2) is 65.5 Å². The van der Waals surface area contributed by atoms with E-state index in [2.05, 4.69) is 4.98 Å². The Kier molecular flexibility index (Phi) is 2.53. The molecule has 18 heavy (non-hydrogen) atoms. The van der Waals surface area contributed by atoms with Crippen molar-refractivity contribution in [2.45, 2.75) is 0 Å². The lowest BCUT2D eigenvalue weighted by Crippen LogP contribution is -2.11. The number of hydrogen-bond acceptors (Lipinski definition) is 3. The number of aromatic nitrogens is 2. The van der Waals surface area contributed by atoms with Crippen molar-refractivity contribution in [3.8, 4) is 11.4 Å². The molecular weight excluding hydrogens is 228 g/mol. The van der Waals surface area contributed by atoms with Gasteiger partial charge in [0.15, 0.2) is 5.76 Å². The summed E-state index contributed by atoms with van der Waals surface area (Å²) in [5.41, 5.74) is 0.891. The first-order valence-corrected chi connectivity index (χ1v) is 5.53. The summed E-state index contributed by atoms with van der Waals surface area (Å²) >= 11 is 0. The number of hydrogen-bond donors (Lipinski definition) is 0. The van der Waals surface area contributed by atoms with Gasteiger partial charge in [0, 0.05) is 18.0 Å². The molecule has 0 amide bonds. The van der Waals surface area contributed by atoms with E-state index in [-0.39, 0.29) is 5.91 Å². The molecule has 2 aromatic heterocycles. The first-order chi connectivity index (χ1) is 8.86. The summed E-state index contributed by atoms with van der Waals surface area (Å²) in [6.07, 6.45) is 4.71. The molecule has 0 bridgehead atoms. The molecule has 0 aliphatic rings. The van der Waals surface area contributed by atoms with Crippen molar-refractivity contribution in [3.05, 3.63) is 66.9 Å². The molecule has 3 aromatic rings. The summed E-state index contributed by atoms with van der Waals surface area (Å²) in [6, 6.07) is 12.9. The van der Waals surface area contributed by atoms with Gasteiger partial charge in [0.25, 0.3) is 5.91 Å². The lowest BCUT2D eigenvalue weighted by atomic mass is 10.2. The Morgan fingerprint density at radius 1 is 1.11 bits per heavy atom. The highest BCUT2D eigenvalue weighted by atomic mass is 16.3. The lowest BCUT2D eigenvalue weighted by Gasteiger charge is -2.04. The van der Waals surface area contributed by atoms with Crippen molar-refractivity contribution in [1.82, 2.24) is 9.55 Å². The molecule has 4 heteroatoms. The monoisotopic (exact) mass is 238 g/mol. The number of carbonyl (C=O) groups is 1. The van der Waals surface area contributed by atoms with Gasteiger partial charge in [-0.1, -0.05) is 30.3 Å². The molecule has 4 nitrogen and oxygen atoms in total. The van der Waals surface area contributed by atoms with E-state index in [1.807, 2.05) is 30.3 Å². The van der Waals surface area contributed by atoms with Crippen LogP contribution < -0.4 is 0 Å². The molecule has 0 N–H and O–H groups in total. The molecule has 0 saturated carbocycles. The quantitative estimate of drug-likeness (QED) is 0.689. The minimum absolute atomic E-state index is 0.226. The van der Waals surface area contributed by atoms with Gasteiger partial charge >= 0.3 is 0 Å². The third-order valence-corrected chi connectivity index (χ3v) is 2.62. The van der Waals surface area contributed by atoms with E-state index in [0.29, 0.717) is 11.6 Å². The van der Waals surface area contributed by atoms with Crippen molar-refractivity contribution in [1.29, 1.82) is 0 Å². The van der Waals surface area contributed by atoms with Crippen LogP contribution in [0.25, 0.3) is 11.4 Å². The van der Waals surface area contributed by atoms with Crippen LogP contribution in [0.4, 0.5) is 0 Å². The van der Waals surface area contributed by atoms with Crippen LogP contribution in [-0.2, 0) is 0 Å². The van der Waals surface area contributed by atoms with E-state index in [1.165, 1.54) is 10.8 Å². The highest BCUT2D eigenvalue weighted by molar-refractivity contribution is 5.95. The Hall–Kier alpha value is -2.62. The summed E-state index contributed by atoms with van der Waals surface area (Å²) in [4.78, 5) is 16.4. The summed E-state index contributed by atoms with van der Waals surface area (Å²) in [6.45, 7) is 0. The summed E-state index contributed by atoms with van der Waals surface area (Å²) in [5.74, 6) is 0.679. The Bertz CT molecular complexity index is 654. The largest absolute Gasteiger partial charge is 0.459 e. The van der Waals surface area contributed by atoms with E-state index in [1.54, 1.807) is 24.5 Å². The third kappa shape index (κ3) is 1.73. The second kappa shape index (κ2) is 4.33. The van der Waals surface area contributed by atoms with Crippen molar-refractivity contribution >= 4 is 5.91 Å². The first kappa shape index (κ1) is 10.5. The van der Waals surface area contributed by atoms with E-state index in [0.717, 1.165) is 5.56 Å². The van der Waals surface area contributed by atoms with Crippen LogP contribution in [0, 0.1) is 0 Å². The standard InChI is InChI=1S/C14H10N2O2/c17-14(12-7-4-10-18-12)16-9-8-15-13(16)11-5-2-1-3-6-11/h1-10H. The van der Waals surface area contributed by atoms with Gasteiger partial charge in [0.2, 0.25) is 0 Å². The van der Waals surface area contributed by atoms with Crippen LogP contribution in [0.1, 0.15) is 10.6 Å². The van der Waals surface area contributed by atoms with Gasteiger partial charge in [-0.25, -0.2) is 4.98 Å². The van der Waals surface area contributed by atoms with Gasteiger partial charge in [0.05, 0.1) is 6.26 Å². The van der Waals surface area contributed by atoms with Gasteiger partial charge in [0.1, 0.15) is 5.82 Å². The Balaban J connectivity index is 2.05.